The molecule has 0 aliphatic rings. The van der Waals surface area contributed by atoms with Gasteiger partial charge in [-0.2, -0.15) is 10.1 Å². The molecule has 6 aromatic rings. The van der Waals surface area contributed by atoms with E-state index in [1.807, 2.05) is 73.1 Å². The standard InChI is InChI=1S/C38H39N9O6S/c1-24-6-13-30(21-34(24)54(39,50)51)47(36-40-19-18-35(43-36)45(3)29-14-17-32-25(2)46(4)44-33(32)20-29)38(49)53-23-27-7-11-28(12-8-27)42-37(48)41-22-26-9-15-31(52-5)16-10-26/h6-21H,22-23H2,1-5H3,(H2,39,50,51)(H2,41,42,48). The van der Waals surface area contributed by atoms with Gasteiger partial charge in [0.15, 0.2) is 0 Å². The summed E-state index contributed by atoms with van der Waals surface area (Å²) in [5.74, 6) is 1.10. The van der Waals surface area contributed by atoms with Crippen LogP contribution in [0.25, 0.3) is 10.9 Å². The summed E-state index contributed by atoms with van der Waals surface area (Å²) in [6.07, 6.45) is 0.621. The van der Waals surface area contributed by atoms with E-state index in [0.29, 0.717) is 29.2 Å². The molecule has 54 heavy (non-hydrogen) atoms. The highest BCUT2D eigenvalue weighted by atomic mass is 32.2. The van der Waals surface area contributed by atoms with E-state index in [0.717, 1.165) is 38.5 Å². The van der Waals surface area contributed by atoms with E-state index < -0.39 is 22.1 Å². The van der Waals surface area contributed by atoms with Crippen LogP contribution >= 0.6 is 0 Å². The molecular weight excluding hydrogens is 711 g/mol. The zero-order valence-electron chi connectivity index (χ0n) is 30.3. The Labute approximate surface area is 312 Å². The lowest BCUT2D eigenvalue weighted by molar-refractivity contribution is 0.149. The summed E-state index contributed by atoms with van der Waals surface area (Å²) in [5.41, 5.74) is 5.21. The lowest BCUT2D eigenvalue weighted by Crippen LogP contribution is -2.29. The minimum atomic E-state index is -4.14. The third-order valence-electron chi connectivity index (χ3n) is 8.78. The second-order valence-electron chi connectivity index (χ2n) is 12.4. The first-order valence-electron chi connectivity index (χ1n) is 16.7. The first kappa shape index (κ1) is 37.2. The van der Waals surface area contributed by atoms with Crippen molar-refractivity contribution in [2.75, 3.05) is 29.3 Å². The number of ether oxygens (including phenoxy) is 2. The maximum atomic E-state index is 13.9. The van der Waals surface area contributed by atoms with Crippen molar-refractivity contribution in [1.82, 2.24) is 25.1 Å². The SMILES string of the molecule is COc1ccc(CNC(=O)Nc2ccc(COC(=O)N(c3ccc(C)c(S(N)(=O)=O)c3)c3nccc(N(C)c4ccc5c(C)n(C)nc5c4)n3)cc2)cc1. The first-order chi connectivity index (χ1) is 25.8. The average molecular weight is 750 g/mol. The lowest BCUT2D eigenvalue weighted by Gasteiger charge is -2.24. The van der Waals surface area contributed by atoms with Gasteiger partial charge in [0, 0.05) is 49.3 Å². The molecule has 0 bridgehead atoms. The van der Waals surface area contributed by atoms with Gasteiger partial charge in [0.25, 0.3) is 0 Å². The van der Waals surface area contributed by atoms with E-state index >= 15 is 0 Å². The molecule has 0 aliphatic carbocycles. The van der Waals surface area contributed by atoms with Crippen LogP contribution in [0.5, 0.6) is 5.75 Å². The number of hydrogen-bond acceptors (Lipinski definition) is 10. The van der Waals surface area contributed by atoms with Gasteiger partial charge in [-0.3, -0.25) is 4.68 Å². The molecule has 0 aliphatic heterocycles. The molecule has 16 heteroatoms. The van der Waals surface area contributed by atoms with E-state index in [1.54, 1.807) is 50.4 Å². The van der Waals surface area contributed by atoms with Crippen molar-refractivity contribution in [3.63, 3.8) is 0 Å². The number of primary sulfonamides is 1. The average Bonchev–Trinajstić information content (AvgIpc) is 3.45. The molecule has 0 spiro atoms. The summed E-state index contributed by atoms with van der Waals surface area (Å²) < 4.78 is 37.6. The fourth-order valence-electron chi connectivity index (χ4n) is 5.63. The van der Waals surface area contributed by atoms with Gasteiger partial charge in [-0.15, -0.1) is 0 Å². The number of nitrogens with one attached hydrogen (secondary N) is 2. The fraction of sp³-hybridized carbons (Fsp3) is 0.184. The Morgan fingerprint density at radius 1 is 0.907 bits per heavy atom. The third kappa shape index (κ3) is 8.40. The Hall–Kier alpha value is -6.52. The van der Waals surface area contributed by atoms with Crippen molar-refractivity contribution in [2.24, 2.45) is 12.2 Å². The number of fused-ring (bicyclic) bond motifs is 1. The summed E-state index contributed by atoms with van der Waals surface area (Å²) in [6.45, 7) is 3.76. The second-order valence-corrected chi connectivity index (χ2v) is 14.0. The summed E-state index contributed by atoms with van der Waals surface area (Å²) in [4.78, 5) is 38.2. The Kier molecular flexibility index (Phi) is 10.8. The van der Waals surface area contributed by atoms with Gasteiger partial charge < -0.3 is 25.0 Å². The number of aromatic nitrogens is 4. The summed E-state index contributed by atoms with van der Waals surface area (Å²) in [5, 5.41) is 16.7. The van der Waals surface area contributed by atoms with Crippen molar-refractivity contribution in [3.05, 3.63) is 120 Å². The minimum Gasteiger partial charge on any atom is -0.497 e. The molecule has 2 heterocycles. The van der Waals surface area contributed by atoms with Crippen LogP contribution in [-0.4, -0.2) is 54.4 Å². The number of carbonyl (C=O) groups is 2. The Balaban J connectivity index is 1.20. The van der Waals surface area contributed by atoms with Crippen LogP contribution in [0.4, 0.5) is 38.4 Å². The predicted molar refractivity (Wildman–Crippen MR) is 206 cm³/mol. The van der Waals surface area contributed by atoms with Crippen LogP contribution in [0.1, 0.15) is 22.4 Å². The van der Waals surface area contributed by atoms with E-state index in [-0.39, 0.29) is 23.1 Å². The third-order valence-corrected chi connectivity index (χ3v) is 9.83. The van der Waals surface area contributed by atoms with Crippen molar-refractivity contribution in [3.8, 4) is 5.75 Å². The first-order valence-corrected chi connectivity index (χ1v) is 18.2. The Morgan fingerprint density at radius 2 is 1.61 bits per heavy atom. The van der Waals surface area contributed by atoms with Gasteiger partial charge >= 0.3 is 12.1 Å². The highest BCUT2D eigenvalue weighted by Gasteiger charge is 2.26. The predicted octanol–water partition coefficient (Wildman–Crippen LogP) is 6.20. The van der Waals surface area contributed by atoms with Gasteiger partial charge in [-0.05, 0) is 91.2 Å². The zero-order chi connectivity index (χ0) is 38.6. The number of rotatable bonds is 11. The van der Waals surface area contributed by atoms with Crippen LogP contribution in [0.2, 0.25) is 0 Å². The summed E-state index contributed by atoms with van der Waals surface area (Å²) in [7, 11) is 1.15. The molecule has 0 fully saturated rings. The molecule has 0 atom stereocenters. The van der Waals surface area contributed by atoms with E-state index in [4.69, 9.17) is 14.6 Å². The van der Waals surface area contributed by atoms with Crippen LogP contribution < -0.4 is 30.3 Å². The van der Waals surface area contributed by atoms with E-state index in [9.17, 15) is 18.0 Å². The topological polar surface area (TPSA) is 187 Å². The molecule has 0 radical (unpaired) electrons. The monoisotopic (exact) mass is 749 g/mol. The fourth-order valence-corrected chi connectivity index (χ4v) is 6.43. The molecular formula is C38H39N9O6S. The Bertz CT molecular complexity index is 2440. The number of urea groups is 1. The van der Waals surface area contributed by atoms with Crippen molar-refractivity contribution < 1.29 is 27.5 Å². The van der Waals surface area contributed by atoms with Crippen LogP contribution in [0.15, 0.2) is 102 Å². The number of hydrogen-bond donors (Lipinski definition) is 3. The second kappa shape index (κ2) is 15.6. The molecule has 4 aromatic carbocycles. The highest BCUT2D eigenvalue weighted by molar-refractivity contribution is 7.89. The maximum Gasteiger partial charge on any atom is 0.421 e. The molecule has 6 rings (SSSR count). The largest absolute Gasteiger partial charge is 0.497 e. The highest BCUT2D eigenvalue weighted by Crippen LogP contribution is 2.31. The Morgan fingerprint density at radius 3 is 2.31 bits per heavy atom. The van der Waals surface area contributed by atoms with Gasteiger partial charge in [0.2, 0.25) is 16.0 Å². The molecule has 0 saturated carbocycles. The number of sulfonamides is 1. The quantitative estimate of drug-likeness (QED) is 0.138. The molecule has 3 amide bonds. The van der Waals surface area contributed by atoms with Crippen molar-refractivity contribution in [2.45, 2.75) is 31.9 Å². The number of anilines is 5. The van der Waals surface area contributed by atoms with Gasteiger partial charge in [0.05, 0.1) is 23.2 Å². The molecule has 2 aromatic heterocycles. The molecule has 278 valence electrons. The maximum absolute atomic E-state index is 13.9. The summed E-state index contributed by atoms with van der Waals surface area (Å²) in [6, 6.07) is 25.6. The van der Waals surface area contributed by atoms with Crippen molar-refractivity contribution >= 4 is 61.9 Å². The molecule has 0 saturated heterocycles. The van der Waals surface area contributed by atoms with Crippen molar-refractivity contribution in [1.29, 1.82) is 0 Å². The van der Waals surface area contributed by atoms with Crippen LogP contribution in [0, 0.1) is 13.8 Å². The number of carbonyl (C=O) groups excluding carboxylic acids is 2. The minimum absolute atomic E-state index is 0.0662. The van der Waals surface area contributed by atoms with Crippen LogP contribution in [-0.2, 0) is 35.0 Å². The van der Waals surface area contributed by atoms with Gasteiger partial charge in [0.1, 0.15) is 18.2 Å². The number of aryl methyl sites for hydroxylation is 3. The molecule has 0 unspecified atom stereocenters. The number of amides is 3. The van der Waals surface area contributed by atoms with Gasteiger partial charge in [-0.25, -0.2) is 33.0 Å². The molecule has 4 N–H and O–H groups in total. The lowest BCUT2D eigenvalue weighted by atomic mass is 10.2. The van der Waals surface area contributed by atoms with Gasteiger partial charge in [-0.1, -0.05) is 30.3 Å². The molecule has 15 nitrogen and oxygen atoms in total. The zero-order valence-corrected chi connectivity index (χ0v) is 31.1. The van der Waals surface area contributed by atoms with E-state index in [1.165, 1.54) is 18.3 Å². The number of benzene rings is 4. The number of methoxy groups -OCH3 is 1. The smallest absolute Gasteiger partial charge is 0.421 e. The van der Waals surface area contributed by atoms with E-state index in [2.05, 4.69) is 25.7 Å². The normalized spacial score (nSPS) is 11.2. The van der Waals surface area contributed by atoms with Crippen LogP contribution in [0.3, 0.4) is 0 Å². The number of nitrogens with zero attached hydrogens (tertiary/aromatic N) is 6. The summed E-state index contributed by atoms with van der Waals surface area (Å²) >= 11 is 0. The number of nitrogens with two attached hydrogens (primary N) is 1.